The Hall–Kier alpha value is -1.34. The molecule has 2 aliphatic rings. The van der Waals surface area contributed by atoms with Crippen molar-refractivity contribution >= 4 is 5.82 Å². The van der Waals surface area contributed by atoms with Gasteiger partial charge in [-0.25, -0.2) is 13.8 Å². The Labute approximate surface area is 122 Å². The molecule has 0 saturated carbocycles. The molecule has 2 aliphatic heterocycles. The fourth-order valence-electron chi connectivity index (χ4n) is 3.47. The minimum Gasteiger partial charge on any atom is -0.395 e. The molecule has 3 heterocycles. The Morgan fingerprint density at radius 1 is 1.19 bits per heavy atom. The molecule has 1 atom stereocenters. The summed E-state index contributed by atoms with van der Waals surface area (Å²) < 4.78 is 29.0. The van der Waals surface area contributed by atoms with E-state index in [1.165, 1.54) is 0 Å². The van der Waals surface area contributed by atoms with E-state index in [4.69, 9.17) is 5.11 Å². The van der Waals surface area contributed by atoms with Crippen LogP contribution in [0.2, 0.25) is 0 Å². The van der Waals surface area contributed by atoms with Gasteiger partial charge in [0.1, 0.15) is 5.82 Å². The van der Waals surface area contributed by atoms with Gasteiger partial charge in [-0.2, -0.15) is 0 Å². The molecular formula is C14H20F2N4O. The van der Waals surface area contributed by atoms with E-state index in [2.05, 4.69) is 9.97 Å². The number of β-amino-alcohol motifs (C(OH)–C–C–N with tert-alkyl or cyclic N) is 1. The van der Waals surface area contributed by atoms with Crippen LogP contribution in [0.4, 0.5) is 14.6 Å². The Morgan fingerprint density at radius 3 is 2.76 bits per heavy atom. The second-order valence-electron chi connectivity index (χ2n) is 5.97. The second-order valence-corrected chi connectivity index (χ2v) is 5.97. The first kappa shape index (κ1) is 14.6. The van der Waals surface area contributed by atoms with Crippen LogP contribution < -0.4 is 4.90 Å². The summed E-state index contributed by atoms with van der Waals surface area (Å²) in [7, 11) is 0. The number of halogens is 2. The van der Waals surface area contributed by atoms with E-state index in [9.17, 15) is 8.78 Å². The van der Waals surface area contributed by atoms with E-state index in [0.717, 1.165) is 0 Å². The monoisotopic (exact) mass is 298 g/mol. The summed E-state index contributed by atoms with van der Waals surface area (Å²) in [5.41, 5.74) is -1.04. The van der Waals surface area contributed by atoms with E-state index in [0.29, 0.717) is 45.0 Å². The standard InChI is InChI=1S/C14H20F2N4O/c15-14(16)2-5-19(7-8-21)10-13(14)1-6-20(11-13)12-9-17-3-4-18-12/h3-4,9,21H,1-2,5-8,10-11H2/t13-/m1/s1. The highest BCUT2D eigenvalue weighted by Crippen LogP contribution is 2.49. The highest BCUT2D eigenvalue weighted by Gasteiger charge is 2.59. The van der Waals surface area contributed by atoms with Crippen molar-refractivity contribution in [1.82, 2.24) is 14.9 Å². The van der Waals surface area contributed by atoms with Gasteiger partial charge in [0.2, 0.25) is 0 Å². The number of hydrogen-bond acceptors (Lipinski definition) is 5. The molecule has 0 aliphatic carbocycles. The first-order chi connectivity index (χ1) is 10.1. The normalized spacial score (nSPS) is 29.2. The highest BCUT2D eigenvalue weighted by atomic mass is 19.3. The van der Waals surface area contributed by atoms with Crippen molar-refractivity contribution in [3.8, 4) is 0 Å². The number of aliphatic hydroxyl groups is 1. The lowest BCUT2D eigenvalue weighted by Gasteiger charge is -2.45. The van der Waals surface area contributed by atoms with Gasteiger partial charge in [0.25, 0.3) is 5.92 Å². The number of alkyl halides is 2. The van der Waals surface area contributed by atoms with Crippen LogP contribution in [-0.2, 0) is 0 Å². The van der Waals surface area contributed by atoms with Gasteiger partial charge in [0.05, 0.1) is 18.2 Å². The van der Waals surface area contributed by atoms with Crippen LogP contribution in [0.1, 0.15) is 12.8 Å². The number of rotatable bonds is 3. The maximum absolute atomic E-state index is 14.5. The topological polar surface area (TPSA) is 52.5 Å². The molecule has 2 saturated heterocycles. The van der Waals surface area contributed by atoms with E-state index in [1.54, 1.807) is 18.6 Å². The van der Waals surface area contributed by atoms with Gasteiger partial charge in [-0.3, -0.25) is 9.88 Å². The molecule has 1 aromatic heterocycles. The van der Waals surface area contributed by atoms with Crippen molar-refractivity contribution in [3.63, 3.8) is 0 Å². The Kier molecular flexibility index (Phi) is 3.79. The van der Waals surface area contributed by atoms with Crippen molar-refractivity contribution in [3.05, 3.63) is 18.6 Å². The first-order valence-corrected chi connectivity index (χ1v) is 7.28. The van der Waals surface area contributed by atoms with E-state index in [-0.39, 0.29) is 13.0 Å². The van der Waals surface area contributed by atoms with Gasteiger partial charge < -0.3 is 10.0 Å². The maximum atomic E-state index is 14.5. The SMILES string of the molecule is OCCN1CCC(F)(F)[C@]2(CCN(c3cnccn3)C2)C1. The minimum absolute atomic E-state index is 0.00945. The number of piperidine rings is 1. The van der Waals surface area contributed by atoms with Crippen molar-refractivity contribution < 1.29 is 13.9 Å². The van der Waals surface area contributed by atoms with Gasteiger partial charge in [-0.1, -0.05) is 0 Å². The van der Waals surface area contributed by atoms with E-state index in [1.807, 2.05) is 9.80 Å². The van der Waals surface area contributed by atoms with Crippen LogP contribution in [0.25, 0.3) is 0 Å². The number of anilines is 1. The molecule has 2 fully saturated rings. The maximum Gasteiger partial charge on any atom is 0.257 e. The number of aliphatic hydroxyl groups excluding tert-OH is 1. The van der Waals surface area contributed by atoms with Crippen molar-refractivity contribution in [2.24, 2.45) is 5.41 Å². The molecule has 7 heteroatoms. The van der Waals surface area contributed by atoms with Gasteiger partial charge in [-0.15, -0.1) is 0 Å². The molecule has 0 unspecified atom stereocenters. The zero-order valence-corrected chi connectivity index (χ0v) is 11.9. The zero-order valence-electron chi connectivity index (χ0n) is 11.9. The quantitative estimate of drug-likeness (QED) is 0.902. The summed E-state index contributed by atoms with van der Waals surface area (Å²) in [6.07, 6.45) is 5.08. The molecule has 116 valence electrons. The summed E-state index contributed by atoms with van der Waals surface area (Å²) in [4.78, 5) is 12.0. The molecule has 5 nitrogen and oxygen atoms in total. The van der Waals surface area contributed by atoms with Gasteiger partial charge in [0.15, 0.2) is 0 Å². The first-order valence-electron chi connectivity index (χ1n) is 7.28. The van der Waals surface area contributed by atoms with Crippen LogP contribution in [0.3, 0.4) is 0 Å². The van der Waals surface area contributed by atoms with Gasteiger partial charge in [-0.05, 0) is 6.42 Å². The smallest absolute Gasteiger partial charge is 0.257 e. The lowest BCUT2D eigenvalue weighted by Crippen LogP contribution is -2.57. The Morgan fingerprint density at radius 2 is 2.05 bits per heavy atom. The molecule has 0 amide bonds. The average Bonchev–Trinajstić information content (AvgIpc) is 2.91. The minimum atomic E-state index is -2.67. The average molecular weight is 298 g/mol. The molecular weight excluding hydrogens is 278 g/mol. The summed E-state index contributed by atoms with van der Waals surface area (Å²) in [5, 5.41) is 9.05. The third-order valence-corrected chi connectivity index (χ3v) is 4.69. The summed E-state index contributed by atoms with van der Waals surface area (Å²) in [6.45, 7) is 2.01. The largest absolute Gasteiger partial charge is 0.395 e. The van der Waals surface area contributed by atoms with Crippen LogP contribution in [0.15, 0.2) is 18.6 Å². The third-order valence-electron chi connectivity index (χ3n) is 4.69. The van der Waals surface area contributed by atoms with E-state index >= 15 is 0 Å². The van der Waals surface area contributed by atoms with Crippen LogP contribution in [-0.4, -0.2) is 65.2 Å². The van der Waals surface area contributed by atoms with Crippen LogP contribution >= 0.6 is 0 Å². The molecule has 1 aromatic rings. The Bertz CT molecular complexity index is 487. The van der Waals surface area contributed by atoms with Crippen molar-refractivity contribution in [1.29, 1.82) is 0 Å². The van der Waals surface area contributed by atoms with Crippen LogP contribution in [0.5, 0.6) is 0 Å². The molecule has 0 bridgehead atoms. The molecule has 1 N–H and O–H groups in total. The second kappa shape index (κ2) is 5.46. The number of likely N-dealkylation sites (tertiary alicyclic amines) is 1. The molecule has 0 radical (unpaired) electrons. The fraction of sp³-hybridized carbons (Fsp3) is 0.714. The van der Waals surface area contributed by atoms with Gasteiger partial charge in [0, 0.05) is 51.5 Å². The number of hydrogen-bond donors (Lipinski definition) is 1. The summed E-state index contributed by atoms with van der Waals surface area (Å²) >= 11 is 0. The summed E-state index contributed by atoms with van der Waals surface area (Å²) in [5.74, 6) is -2.01. The summed E-state index contributed by atoms with van der Waals surface area (Å²) in [6, 6.07) is 0. The number of nitrogens with zero attached hydrogens (tertiary/aromatic N) is 4. The third kappa shape index (κ3) is 2.60. The predicted molar refractivity (Wildman–Crippen MR) is 74.4 cm³/mol. The predicted octanol–water partition coefficient (Wildman–Crippen LogP) is 1.01. The molecule has 0 aromatic carbocycles. The highest BCUT2D eigenvalue weighted by molar-refractivity contribution is 5.38. The lowest BCUT2D eigenvalue weighted by atomic mass is 9.75. The fourth-order valence-corrected chi connectivity index (χ4v) is 3.47. The molecule has 3 rings (SSSR count). The Balaban J connectivity index is 1.79. The lowest BCUT2D eigenvalue weighted by molar-refractivity contribution is -0.158. The van der Waals surface area contributed by atoms with Crippen molar-refractivity contribution in [2.75, 3.05) is 44.2 Å². The molecule has 21 heavy (non-hydrogen) atoms. The van der Waals surface area contributed by atoms with Crippen molar-refractivity contribution in [2.45, 2.75) is 18.8 Å². The number of aromatic nitrogens is 2. The molecule has 1 spiro atoms. The van der Waals surface area contributed by atoms with Gasteiger partial charge >= 0.3 is 0 Å². The van der Waals surface area contributed by atoms with E-state index < -0.39 is 11.3 Å². The van der Waals surface area contributed by atoms with Crippen LogP contribution in [0, 0.1) is 5.41 Å². The zero-order chi connectivity index (χ0) is 14.9.